The number of hydrogen-bond donors (Lipinski definition) is 0. The predicted molar refractivity (Wildman–Crippen MR) is 105 cm³/mol. The molecule has 0 spiro atoms. The van der Waals surface area contributed by atoms with Gasteiger partial charge in [-0.25, -0.2) is 4.79 Å². The third kappa shape index (κ3) is 3.65. The van der Waals surface area contributed by atoms with E-state index in [9.17, 15) is 9.59 Å². The van der Waals surface area contributed by atoms with E-state index < -0.39 is 22.6 Å². The Hall–Kier alpha value is -1.06. The van der Waals surface area contributed by atoms with Crippen molar-refractivity contribution in [1.82, 2.24) is 0 Å². The van der Waals surface area contributed by atoms with Gasteiger partial charge in [0.05, 0.1) is 5.41 Å². The Balaban J connectivity index is 1.71. The first-order chi connectivity index (χ1) is 12.3. The lowest BCUT2D eigenvalue weighted by Crippen LogP contribution is -2.58. The van der Waals surface area contributed by atoms with Crippen molar-refractivity contribution in [3.63, 3.8) is 0 Å². The second kappa shape index (κ2) is 6.49. The Kier molecular flexibility index (Phi) is 4.97. The number of esters is 2. The highest BCUT2D eigenvalue weighted by Crippen LogP contribution is 2.64. The molecule has 0 heterocycles. The van der Waals surface area contributed by atoms with Crippen LogP contribution in [0.5, 0.6) is 0 Å². The summed E-state index contributed by atoms with van der Waals surface area (Å²) < 4.78 is 11.7. The fourth-order valence-electron chi connectivity index (χ4n) is 5.87. The van der Waals surface area contributed by atoms with Gasteiger partial charge in [0, 0.05) is 5.41 Å². The molecule has 0 aromatic carbocycles. The van der Waals surface area contributed by atoms with Crippen LogP contribution < -0.4 is 0 Å². The molecule has 0 N–H and O–H groups in total. The summed E-state index contributed by atoms with van der Waals surface area (Å²) in [4.78, 5) is 25.5. The molecule has 4 rings (SSSR count). The molecule has 154 valence electrons. The van der Waals surface area contributed by atoms with Crippen molar-refractivity contribution in [2.75, 3.05) is 0 Å². The summed E-state index contributed by atoms with van der Waals surface area (Å²) in [5.41, 5.74) is -2.33. The molecule has 4 bridgehead atoms. The van der Waals surface area contributed by atoms with Gasteiger partial charge in [-0.15, -0.1) is 0 Å². The van der Waals surface area contributed by atoms with Crippen LogP contribution in [0.15, 0.2) is 0 Å². The molecule has 4 aliphatic carbocycles. The minimum Gasteiger partial charge on any atom is -0.456 e. The fraction of sp³-hybridized carbons (Fsp3) is 0.913. The van der Waals surface area contributed by atoms with Crippen LogP contribution >= 0.6 is 0 Å². The van der Waals surface area contributed by atoms with Crippen LogP contribution in [0.2, 0.25) is 0 Å². The molecule has 0 atom stereocenters. The van der Waals surface area contributed by atoms with Crippen LogP contribution in [-0.2, 0) is 19.1 Å². The van der Waals surface area contributed by atoms with Gasteiger partial charge in [0.25, 0.3) is 0 Å². The first kappa shape index (κ1) is 20.7. The van der Waals surface area contributed by atoms with Crippen molar-refractivity contribution in [3.8, 4) is 0 Å². The standard InChI is InChI=1S/C23H38O4/c1-8-20(2,3)18(24)26-21(4,5)19(25)27-22(6,7)23-12-15-9-16(13-23)11-17(10-15)14-23/h15-17H,8-14H2,1-7H3. The van der Waals surface area contributed by atoms with Gasteiger partial charge in [-0.3, -0.25) is 4.79 Å². The molecule has 0 unspecified atom stereocenters. The van der Waals surface area contributed by atoms with Crippen molar-refractivity contribution in [2.45, 2.75) is 105 Å². The lowest BCUT2D eigenvalue weighted by molar-refractivity contribution is -0.217. The summed E-state index contributed by atoms with van der Waals surface area (Å²) in [6, 6.07) is 0. The molecular weight excluding hydrogens is 340 g/mol. The number of rotatable bonds is 6. The Morgan fingerprint density at radius 2 is 1.26 bits per heavy atom. The Bertz CT molecular complexity index is 579. The van der Waals surface area contributed by atoms with Crippen LogP contribution in [-0.4, -0.2) is 23.1 Å². The van der Waals surface area contributed by atoms with Crippen LogP contribution in [0.1, 0.15) is 93.4 Å². The Labute approximate surface area is 164 Å². The average Bonchev–Trinajstić information content (AvgIpc) is 2.52. The van der Waals surface area contributed by atoms with Crippen LogP contribution in [0.3, 0.4) is 0 Å². The SMILES string of the molecule is CCC(C)(C)C(=O)OC(C)(C)C(=O)OC(C)(C)C12CC3CC(CC(C3)C1)C2. The van der Waals surface area contributed by atoms with Crippen LogP contribution in [0.25, 0.3) is 0 Å². The van der Waals surface area contributed by atoms with E-state index >= 15 is 0 Å². The summed E-state index contributed by atoms with van der Waals surface area (Å²) >= 11 is 0. The third-order valence-corrected chi connectivity index (χ3v) is 7.94. The van der Waals surface area contributed by atoms with Crippen molar-refractivity contribution < 1.29 is 19.1 Å². The highest BCUT2D eigenvalue weighted by molar-refractivity contribution is 5.84. The van der Waals surface area contributed by atoms with Gasteiger partial charge in [-0.2, -0.15) is 0 Å². The summed E-state index contributed by atoms with van der Waals surface area (Å²) in [5.74, 6) is 1.62. The molecule has 4 aliphatic rings. The zero-order valence-corrected chi connectivity index (χ0v) is 18.3. The second-order valence-electron chi connectivity index (χ2n) is 11.2. The lowest BCUT2D eigenvalue weighted by atomic mass is 9.46. The molecule has 0 saturated heterocycles. The topological polar surface area (TPSA) is 52.6 Å². The van der Waals surface area contributed by atoms with E-state index in [1.807, 2.05) is 20.8 Å². The van der Waals surface area contributed by atoms with Crippen LogP contribution in [0, 0.1) is 28.6 Å². The largest absolute Gasteiger partial charge is 0.456 e. The van der Waals surface area contributed by atoms with Crippen molar-refractivity contribution >= 4 is 11.9 Å². The molecule has 4 saturated carbocycles. The van der Waals surface area contributed by atoms with E-state index in [4.69, 9.17) is 9.47 Å². The van der Waals surface area contributed by atoms with E-state index in [1.165, 1.54) is 38.5 Å². The average molecular weight is 379 g/mol. The fourth-order valence-corrected chi connectivity index (χ4v) is 5.87. The van der Waals surface area contributed by atoms with Gasteiger partial charge in [-0.05, 0) is 104 Å². The van der Waals surface area contributed by atoms with E-state index in [-0.39, 0.29) is 11.4 Å². The first-order valence-corrected chi connectivity index (χ1v) is 10.8. The van der Waals surface area contributed by atoms with Gasteiger partial charge >= 0.3 is 11.9 Å². The van der Waals surface area contributed by atoms with Gasteiger partial charge in [0.15, 0.2) is 0 Å². The highest BCUT2D eigenvalue weighted by atomic mass is 16.6. The highest BCUT2D eigenvalue weighted by Gasteiger charge is 2.59. The third-order valence-electron chi connectivity index (χ3n) is 7.94. The maximum Gasteiger partial charge on any atom is 0.350 e. The minimum atomic E-state index is -1.27. The smallest absolute Gasteiger partial charge is 0.350 e. The molecular formula is C23H38O4. The molecule has 0 aromatic rings. The zero-order chi connectivity index (χ0) is 20.3. The number of ether oxygens (including phenoxy) is 2. The monoisotopic (exact) mass is 378 g/mol. The molecule has 0 radical (unpaired) electrons. The quantitative estimate of drug-likeness (QED) is 0.590. The van der Waals surface area contributed by atoms with Crippen LogP contribution in [0.4, 0.5) is 0 Å². The zero-order valence-electron chi connectivity index (χ0n) is 18.3. The van der Waals surface area contributed by atoms with Gasteiger partial charge in [0.1, 0.15) is 5.60 Å². The Morgan fingerprint density at radius 1 is 0.815 bits per heavy atom. The summed E-state index contributed by atoms with van der Waals surface area (Å²) in [6.45, 7) is 13.1. The maximum atomic E-state index is 13.0. The predicted octanol–water partition coefficient (Wildman–Crippen LogP) is 5.28. The lowest BCUT2D eigenvalue weighted by Gasteiger charge is -2.61. The Morgan fingerprint density at radius 3 is 1.67 bits per heavy atom. The van der Waals surface area contributed by atoms with Crippen molar-refractivity contribution in [1.29, 1.82) is 0 Å². The normalized spacial score (nSPS) is 33.1. The van der Waals surface area contributed by atoms with Crippen molar-refractivity contribution in [2.24, 2.45) is 28.6 Å². The van der Waals surface area contributed by atoms with E-state index in [2.05, 4.69) is 13.8 Å². The molecule has 4 nitrogen and oxygen atoms in total. The van der Waals surface area contributed by atoms with Gasteiger partial charge in [-0.1, -0.05) is 6.92 Å². The molecule has 4 fully saturated rings. The summed E-state index contributed by atoms with van der Waals surface area (Å²) in [7, 11) is 0. The van der Waals surface area contributed by atoms with E-state index in [0.717, 1.165) is 17.8 Å². The van der Waals surface area contributed by atoms with Crippen molar-refractivity contribution in [3.05, 3.63) is 0 Å². The molecule has 0 aromatic heterocycles. The summed E-state index contributed by atoms with van der Waals surface area (Å²) in [5, 5.41) is 0. The first-order valence-electron chi connectivity index (χ1n) is 10.8. The van der Waals surface area contributed by atoms with Gasteiger partial charge in [0.2, 0.25) is 5.60 Å². The van der Waals surface area contributed by atoms with E-state index in [0.29, 0.717) is 6.42 Å². The molecule has 27 heavy (non-hydrogen) atoms. The van der Waals surface area contributed by atoms with E-state index in [1.54, 1.807) is 13.8 Å². The van der Waals surface area contributed by atoms with Gasteiger partial charge < -0.3 is 9.47 Å². The molecule has 4 heteroatoms. The maximum absolute atomic E-state index is 13.0. The number of carbonyl (C=O) groups excluding carboxylic acids is 2. The number of carbonyl (C=O) groups is 2. The molecule has 0 aliphatic heterocycles. The second-order valence-corrected chi connectivity index (χ2v) is 11.2. The summed E-state index contributed by atoms with van der Waals surface area (Å²) in [6.07, 6.45) is 8.25. The number of hydrogen-bond acceptors (Lipinski definition) is 4. The minimum absolute atomic E-state index is 0.0835. The molecule has 0 amide bonds.